The Morgan fingerprint density at radius 3 is 2.86 bits per heavy atom. The van der Waals surface area contributed by atoms with Gasteiger partial charge < -0.3 is 19.7 Å². The zero-order chi connectivity index (χ0) is 14.9. The van der Waals surface area contributed by atoms with Gasteiger partial charge in [-0.05, 0) is 37.9 Å². The number of benzene rings is 1. The molecule has 1 aromatic rings. The minimum Gasteiger partial charge on any atom is -0.493 e. The Morgan fingerprint density at radius 2 is 2.05 bits per heavy atom. The molecular weight excluding hydrogens is 271 g/mol. The van der Waals surface area contributed by atoms with Gasteiger partial charge in [-0.2, -0.15) is 0 Å². The molecule has 118 valence electrons. The van der Waals surface area contributed by atoms with Crippen molar-refractivity contribution in [1.82, 2.24) is 5.32 Å². The highest BCUT2D eigenvalue weighted by molar-refractivity contribution is 5.50. The molecule has 4 nitrogen and oxygen atoms in total. The van der Waals surface area contributed by atoms with Gasteiger partial charge in [-0.1, -0.05) is 0 Å². The average Bonchev–Trinajstić information content (AvgIpc) is 2.76. The molecule has 0 amide bonds. The highest BCUT2D eigenvalue weighted by Gasteiger charge is 2.14. The van der Waals surface area contributed by atoms with Gasteiger partial charge in [-0.3, -0.25) is 0 Å². The number of unbranched alkanes of at least 4 members (excludes halogenated alkanes) is 1. The van der Waals surface area contributed by atoms with E-state index >= 15 is 0 Å². The molecule has 0 atom stereocenters. The Bertz CT molecular complexity index is 421. The largest absolute Gasteiger partial charge is 0.493 e. The van der Waals surface area contributed by atoms with Gasteiger partial charge in [0.25, 0.3) is 0 Å². The van der Waals surface area contributed by atoms with E-state index in [0.717, 1.165) is 52.0 Å². The van der Waals surface area contributed by atoms with Gasteiger partial charge in [0.05, 0.1) is 12.3 Å². The van der Waals surface area contributed by atoms with Gasteiger partial charge in [0.15, 0.2) is 0 Å². The lowest BCUT2D eigenvalue weighted by Gasteiger charge is -2.23. The van der Waals surface area contributed by atoms with E-state index in [1.165, 1.54) is 6.07 Å². The monoisotopic (exact) mass is 296 g/mol. The lowest BCUT2D eigenvalue weighted by molar-refractivity contribution is 0.184. The first-order valence-electron chi connectivity index (χ1n) is 7.68. The van der Waals surface area contributed by atoms with Crippen molar-refractivity contribution >= 4 is 5.69 Å². The molecule has 1 fully saturated rings. The number of methoxy groups -OCH3 is 1. The Morgan fingerprint density at radius 1 is 1.19 bits per heavy atom. The average molecular weight is 296 g/mol. The summed E-state index contributed by atoms with van der Waals surface area (Å²) in [5.41, 5.74) is 0.672. The van der Waals surface area contributed by atoms with Crippen LogP contribution in [0.25, 0.3) is 0 Å². The summed E-state index contributed by atoms with van der Waals surface area (Å²) >= 11 is 0. The van der Waals surface area contributed by atoms with Crippen LogP contribution in [0.5, 0.6) is 5.75 Å². The van der Waals surface area contributed by atoms with Gasteiger partial charge in [0, 0.05) is 39.4 Å². The lowest BCUT2D eigenvalue weighted by atomic mass is 10.2. The van der Waals surface area contributed by atoms with E-state index in [1.54, 1.807) is 7.11 Å². The lowest BCUT2D eigenvalue weighted by Crippen LogP contribution is -2.28. The van der Waals surface area contributed by atoms with Gasteiger partial charge in [0.1, 0.15) is 11.6 Å². The molecule has 0 unspecified atom stereocenters. The molecule has 0 radical (unpaired) electrons. The van der Waals surface area contributed by atoms with Crippen LogP contribution in [0.1, 0.15) is 19.3 Å². The normalized spacial score (nSPS) is 15.8. The fourth-order valence-electron chi connectivity index (χ4n) is 2.46. The molecule has 1 aliphatic heterocycles. The third-order valence-corrected chi connectivity index (χ3v) is 3.61. The molecule has 1 N–H and O–H groups in total. The summed E-state index contributed by atoms with van der Waals surface area (Å²) in [5, 5.41) is 3.32. The van der Waals surface area contributed by atoms with Crippen LogP contribution < -0.4 is 15.0 Å². The van der Waals surface area contributed by atoms with Crippen LogP contribution in [-0.2, 0) is 4.74 Å². The van der Waals surface area contributed by atoms with Crippen molar-refractivity contribution in [3.63, 3.8) is 0 Å². The molecule has 0 bridgehead atoms. The molecule has 5 heteroatoms. The van der Waals surface area contributed by atoms with E-state index in [4.69, 9.17) is 9.47 Å². The quantitative estimate of drug-likeness (QED) is 0.784. The summed E-state index contributed by atoms with van der Waals surface area (Å²) in [6.45, 7) is 4.96. The summed E-state index contributed by atoms with van der Waals surface area (Å²) in [5.74, 6) is 0.396. The number of nitrogens with one attached hydrogen (secondary N) is 1. The molecule has 0 spiro atoms. The van der Waals surface area contributed by atoms with Crippen LogP contribution in [0.2, 0.25) is 0 Å². The zero-order valence-corrected chi connectivity index (χ0v) is 12.7. The third kappa shape index (κ3) is 5.17. The highest BCUT2D eigenvalue weighted by Crippen LogP contribution is 2.24. The Kier molecular flexibility index (Phi) is 6.76. The van der Waals surface area contributed by atoms with Crippen LogP contribution in [0, 0.1) is 5.82 Å². The van der Waals surface area contributed by atoms with Gasteiger partial charge in [-0.15, -0.1) is 0 Å². The van der Waals surface area contributed by atoms with Crippen LogP contribution >= 0.6 is 0 Å². The Balaban J connectivity index is 1.87. The van der Waals surface area contributed by atoms with E-state index in [9.17, 15) is 4.39 Å². The van der Waals surface area contributed by atoms with Crippen LogP contribution in [0.4, 0.5) is 10.1 Å². The van der Waals surface area contributed by atoms with Crippen LogP contribution in [-0.4, -0.2) is 46.5 Å². The van der Waals surface area contributed by atoms with Gasteiger partial charge in [0.2, 0.25) is 0 Å². The predicted molar refractivity (Wildman–Crippen MR) is 82.7 cm³/mol. The molecule has 0 aliphatic carbocycles. The predicted octanol–water partition coefficient (Wildman–Crippen LogP) is 2.43. The molecule has 0 saturated carbocycles. The van der Waals surface area contributed by atoms with Crippen molar-refractivity contribution in [3.05, 3.63) is 24.0 Å². The molecule has 1 aliphatic rings. The number of hydrogen-bond acceptors (Lipinski definition) is 4. The number of hydrogen-bond donors (Lipinski definition) is 1. The van der Waals surface area contributed by atoms with E-state index in [-0.39, 0.29) is 5.82 Å². The standard InChI is InChI=1S/C16H25FN2O2/c1-20-11-2-3-12-21-14-5-6-16(15(17)13-14)19-9-4-7-18-8-10-19/h5-6,13,18H,2-4,7-12H2,1H3. The van der Waals surface area contributed by atoms with Crippen molar-refractivity contribution in [1.29, 1.82) is 0 Å². The SMILES string of the molecule is COCCCCOc1ccc(N2CCCNCC2)c(F)c1. The molecule has 1 saturated heterocycles. The number of halogens is 1. The number of nitrogens with zero attached hydrogens (tertiary/aromatic N) is 1. The maximum Gasteiger partial charge on any atom is 0.150 e. The fourth-order valence-corrected chi connectivity index (χ4v) is 2.46. The second kappa shape index (κ2) is 8.85. The van der Waals surface area contributed by atoms with E-state index in [2.05, 4.69) is 10.2 Å². The number of ether oxygens (including phenoxy) is 2. The van der Waals surface area contributed by atoms with Crippen molar-refractivity contribution < 1.29 is 13.9 Å². The first-order valence-corrected chi connectivity index (χ1v) is 7.68. The molecule has 0 aromatic heterocycles. The topological polar surface area (TPSA) is 33.7 Å². The third-order valence-electron chi connectivity index (χ3n) is 3.61. The van der Waals surface area contributed by atoms with Gasteiger partial charge >= 0.3 is 0 Å². The zero-order valence-electron chi connectivity index (χ0n) is 12.7. The molecule has 2 rings (SSSR count). The van der Waals surface area contributed by atoms with Crippen LogP contribution in [0.15, 0.2) is 18.2 Å². The summed E-state index contributed by atoms with van der Waals surface area (Å²) in [6, 6.07) is 5.17. The minimum absolute atomic E-state index is 0.203. The van der Waals surface area contributed by atoms with Crippen LogP contribution in [0.3, 0.4) is 0 Å². The van der Waals surface area contributed by atoms with E-state index < -0.39 is 0 Å². The number of anilines is 1. The van der Waals surface area contributed by atoms with E-state index in [1.807, 2.05) is 12.1 Å². The summed E-state index contributed by atoms with van der Waals surface area (Å²) < 4.78 is 24.8. The molecule has 21 heavy (non-hydrogen) atoms. The fraction of sp³-hybridized carbons (Fsp3) is 0.625. The second-order valence-corrected chi connectivity index (χ2v) is 5.25. The molecule has 1 aromatic carbocycles. The second-order valence-electron chi connectivity index (χ2n) is 5.25. The Hall–Kier alpha value is -1.33. The highest BCUT2D eigenvalue weighted by atomic mass is 19.1. The van der Waals surface area contributed by atoms with Crippen molar-refractivity contribution in [2.45, 2.75) is 19.3 Å². The molecular formula is C16H25FN2O2. The minimum atomic E-state index is -0.203. The Labute approximate surface area is 126 Å². The smallest absolute Gasteiger partial charge is 0.150 e. The van der Waals surface area contributed by atoms with Gasteiger partial charge in [-0.25, -0.2) is 4.39 Å². The maximum absolute atomic E-state index is 14.2. The summed E-state index contributed by atoms with van der Waals surface area (Å²) in [4.78, 5) is 2.09. The maximum atomic E-state index is 14.2. The van der Waals surface area contributed by atoms with Crippen molar-refractivity contribution in [2.75, 3.05) is 51.4 Å². The molecule has 1 heterocycles. The summed E-state index contributed by atoms with van der Waals surface area (Å²) in [6.07, 6.45) is 2.91. The van der Waals surface area contributed by atoms with Crippen molar-refractivity contribution in [2.24, 2.45) is 0 Å². The first kappa shape index (κ1) is 16.0. The first-order chi connectivity index (χ1) is 10.3. The van der Waals surface area contributed by atoms with Crippen molar-refractivity contribution in [3.8, 4) is 5.75 Å². The summed E-state index contributed by atoms with van der Waals surface area (Å²) in [7, 11) is 1.69. The number of rotatable bonds is 7. The van der Waals surface area contributed by atoms with E-state index in [0.29, 0.717) is 18.0 Å².